The first kappa shape index (κ1) is 13.3. The summed E-state index contributed by atoms with van der Waals surface area (Å²) in [5, 5.41) is 18.5. The van der Waals surface area contributed by atoms with Crippen LogP contribution in [-0.2, 0) is 10.0 Å². The average molecular weight is 271 g/mol. The molecule has 0 spiro atoms. The van der Waals surface area contributed by atoms with Gasteiger partial charge in [-0.15, -0.1) is 0 Å². The van der Waals surface area contributed by atoms with Gasteiger partial charge in [0.25, 0.3) is 0 Å². The number of aliphatic hydroxyl groups is 1. The summed E-state index contributed by atoms with van der Waals surface area (Å²) < 4.78 is 25.7. The van der Waals surface area contributed by atoms with Crippen molar-refractivity contribution in [2.75, 3.05) is 13.6 Å². The minimum Gasteiger partial charge on any atom is -0.508 e. The Balaban J connectivity index is 2.10. The fraction of sp³-hybridized carbons (Fsp3) is 0.500. The van der Waals surface area contributed by atoms with E-state index in [9.17, 15) is 18.6 Å². The number of aliphatic hydroxyl groups excluding tert-OH is 1. The number of sulfonamides is 1. The summed E-state index contributed by atoms with van der Waals surface area (Å²) in [6.07, 6.45) is 1.02. The van der Waals surface area contributed by atoms with Gasteiger partial charge in [0.15, 0.2) is 0 Å². The fourth-order valence-electron chi connectivity index (χ4n) is 2.14. The van der Waals surface area contributed by atoms with Gasteiger partial charge >= 0.3 is 0 Å². The highest BCUT2D eigenvalue weighted by Crippen LogP contribution is 2.29. The number of benzene rings is 1. The van der Waals surface area contributed by atoms with Crippen molar-refractivity contribution >= 4 is 10.0 Å². The van der Waals surface area contributed by atoms with Crippen LogP contribution < -0.4 is 0 Å². The molecule has 2 N–H and O–H groups in total. The third kappa shape index (κ3) is 2.66. The van der Waals surface area contributed by atoms with Crippen LogP contribution in [0.2, 0.25) is 0 Å². The molecule has 1 saturated carbocycles. The Hall–Kier alpha value is -1.11. The third-order valence-corrected chi connectivity index (χ3v) is 5.07. The minimum absolute atomic E-state index is 0.0662. The summed E-state index contributed by atoms with van der Waals surface area (Å²) in [5.74, 6) is 0.153. The van der Waals surface area contributed by atoms with Crippen molar-refractivity contribution in [2.45, 2.75) is 23.8 Å². The van der Waals surface area contributed by atoms with E-state index in [0.717, 1.165) is 0 Å². The molecule has 2 rings (SSSR count). The molecule has 0 aliphatic heterocycles. The van der Waals surface area contributed by atoms with Gasteiger partial charge in [-0.1, -0.05) is 6.07 Å². The predicted molar refractivity (Wildman–Crippen MR) is 66.7 cm³/mol. The Morgan fingerprint density at radius 2 is 2.06 bits per heavy atom. The first-order chi connectivity index (χ1) is 8.39. The Kier molecular flexibility index (Phi) is 3.61. The van der Waals surface area contributed by atoms with Crippen LogP contribution in [0.5, 0.6) is 5.75 Å². The Labute approximate surface area is 107 Å². The van der Waals surface area contributed by atoms with Crippen molar-refractivity contribution in [3.8, 4) is 5.75 Å². The number of hydrogen-bond acceptors (Lipinski definition) is 4. The molecule has 100 valence electrons. The van der Waals surface area contributed by atoms with Gasteiger partial charge in [0.1, 0.15) is 5.75 Å². The Morgan fingerprint density at radius 1 is 1.39 bits per heavy atom. The lowest BCUT2D eigenvalue weighted by Crippen LogP contribution is -2.39. The van der Waals surface area contributed by atoms with Crippen LogP contribution in [0, 0.1) is 5.92 Å². The number of phenols is 1. The first-order valence-electron chi connectivity index (χ1n) is 5.83. The van der Waals surface area contributed by atoms with E-state index in [4.69, 9.17) is 0 Å². The van der Waals surface area contributed by atoms with Crippen molar-refractivity contribution < 1.29 is 18.6 Å². The summed E-state index contributed by atoms with van der Waals surface area (Å²) >= 11 is 0. The molecule has 0 radical (unpaired) electrons. The van der Waals surface area contributed by atoms with Gasteiger partial charge < -0.3 is 10.2 Å². The molecular formula is C12H17NO4S. The lowest BCUT2D eigenvalue weighted by molar-refractivity contribution is 0.0367. The highest BCUT2D eigenvalue weighted by molar-refractivity contribution is 7.89. The molecule has 0 bridgehead atoms. The number of nitrogens with zero attached hydrogens (tertiary/aromatic N) is 1. The zero-order chi connectivity index (χ0) is 13.3. The van der Waals surface area contributed by atoms with Crippen LogP contribution >= 0.6 is 0 Å². The van der Waals surface area contributed by atoms with Gasteiger partial charge in [-0.3, -0.25) is 0 Å². The van der Waals surface area contributed by atoms with E-state index in [2.05, 4.69) is 0 Å². The summed E-state index contributed by atoms with van der Waals surface area (Å²) in [6.45, 7) is 0.398. The normalized spacial score (nSPS) is 23.9. The van der Waals surface area contributed by atoms with Crippen molar-refractivity contribution in [1.82, 2.24) is 4.31 Å². The Bertz CT molecular complexity index is 523. The molecule has 1 fully saturated rings. The number of phenolic OH excluding ortho intramolecular Hbond substituents is 1. The van der Waals surface area contributed by atoms with Gasteiger partial charge in [-0.05, 0) is 37.0 Å². The van der Waals surface area contributed by atoms with E-state index in [1.165, 1.54) is 35.6 Å². The quantitative estimate of drug-likeness (QED) is 0.848. The summed E-state index contributed by atoms with van der Waals surface area (Å²) in [7, 11) is -2.04. The summed E-state index contributed by atoms with van der Waals surface area (Å²) in [5.41, 5.74) is 0. The molecule has 18 heavy (non-hydrogen) atoms. The van der Waals surface area contributed by atoms with E-state index in [1.807, 2.05) is 0 Å². The standard InChI is InChI=1S/C12H17NO4S/c1-13(8-9-5-11(15)6-9)18(16,17)12-4-2-3-10(14)7-12/h2-4,7,9,11,14-15H,5-6,8H2,1H3. The maximum absolute atomic E-state index is 12.2. The van der Waals surface area contributed by atoms with Gasteiger partial charge in [-0.25, -0.2) is 12.7 Å². The van der Waals surface area contributed by atoms with Crippen LogP contribution in [0.25, 0.3) is 0 Å². The second-order valence-electron chi connectivity index (χ2n) is 4.77. The molecule has 0 amide bonds. The second-order valence-corrected chi connectivity index (χ2v) is 6.82. The molecule has 6 heteroatoms. The minimum atomic E-state index is -3.56. The summed E-state index contributed by atoms with van der Waals surface area (Å²) in [4.78, 5) is 0.0878. The van der Waals surface area contributed by atoms with E-state index in [1.54, 1.807) is 0 Å². The monoisotopic (exact) mass is 271 g/mol. The van der Waals surface area contributed by atoms with Gasteiger partial charge in [0.05, 0.1) is 11.0 Å². The van der Waals surface area contributed by atoms with Crippen LogP contribution in [0.3, 0.4) is 0 Å². The smallest absolute Gasteiger partial charge is 0.242 e. The molecule has 0 unspecified atom stereocenters. The maximum Gasteiger partial charge on any atom is 0.242 e. The van der Waals surface area contributed by atoms with Crippen molar-refractivity contribution in [2.24, 2.45) is 5.92 Å². The third-order valence-electron chi connectivity index (χ3n) is 3.25. The van der Waals surface area contributed by atoms with Crippen LogP contribution in [0.4, 0.5) is 0 Å². The zero-order valence-corrected chi connectivity index (χ0v) is 11.0. The molecule has 0 saturated heterocycles. The summed E-state index contributed by atoms with van der Waals surface area (Å²) in [6, 6.07) is 5.63. The number of hydrogen-bond donors (Lipinski definition) is 2. The van der Waals surface area contributed by atoms with E-state index < -0.39 is 10.0 Å². The lowest BCUT2D eigenvalue weighted by atomic mass is 9.82. The lowest BCUT2D eigenvalue weighted by Gasteiger charge is -2.34. The topological polar surface area (TPSA) is 77.8 Å². The average Bonchev–Trinajstić information content (AvgIpc) is 2.26. The molecule has 0 atom stereocenters. The molecule has 1 aliphatic rings. The molecule has 5 nitrogen and oxygen atoms in total. The molecule has 1 aromatic rings. The van der Waals surface area contributed by atoms with Crippen LogP contribution in [0.1, 0.15) is 12.8 Å². The van der Waals surface area contributed by atoms with Gasteiger partial charge in [-0.2, -0.15) is 0 Å². The zero-order valence-electron chi connectivity index (χ0n) is 10.2. The predicted octanol–water partition coefficient (Wildman–Crippen LogP) is 0.784. The number of rotatable bonds is 4. The molecule has 1 aromatic carbocycles. The second kappa shape index (κ2) is 4.87. The van der Waals surface area contributed by atoms with Crippen LogP contribution in [-0.4, -0.2) is 42.6 Å². The van der Waals surface area contributed by atoms with Crippen molar-refractivity contribution in [1.29, 1.82) is 0 Å². The fourth-order valence-corrected chi connectivity index (χ4v) is 3.42. The van der Waals surface area contributed by atoms with Crippen molar-refractivity contribution in [3.63, 3.8) is 0 Å². The SMILES string of the molecule is CN(CC1CC(O)C1)S(=O)(=O)c1cccc(O)c1. The number of aromatic hydroxyl groups is 1. The highest BCUT2D eigenvalue weighted by atomic mass is 32.2. The van der Waals surface area contributed by atoms with Gasteiger partial charge in [0, 0.05) is 13.6 Å². The molecule has 0 heterocycles. The van der Waals surface area contributed by atoms with Crippen LogP contribution in [0.15, 0.2) is 29.2 Å². The highest BCUT2D eigenvalue weighted by Gasteiger charge is 2.31. The van der Waals surface area contributed by atoms with E-state index in [-0.39, 0.29) is 22.7 Å². The van der Waals surface area contributed by atoms with E-state index in [0.29, 0.717) is 19.4 Å². The van der Waals surface area contributed by atoms with Gasteiger partial charge in [0.2, 0.25) is 10.0 Å². The first-order valence-corrected chi connectivity index (χ1v) is 7.27. The maximum atomic E-state index is 12.2. The largest absolute Gasteiger partial charge is 0.508 e. The molecule has 0 aromatic heterocycles. The Morgan fingerprint density at radius 3 is 2.61 bits per heavy atom. The molecular weight excluding hydrogens is 254 g/mol. The van der Waals surface area contributed by atoms with Crippen molar-refractivity contribution in [3.05, 3.63) is 24.3 Å². The van der Waals surface area contributed by atoms with E-state index >= 15 is 0 Å². The molecule has 1 aliphatic carbocycles.